The molecule has 2 nitrogen and oxygen atoms in total. The molecule has 0 fully saturated rings. The summed E-state index contributed by atoms with van der Waals surface area (Å²) in [5.41, 5.74) is 2.69. The van der Waals surface area contributed by atoms with Gasteiger partial charge in [-0.15, -0.1) is 0 Å². The number of rotatable bonds is 3. The van der Waals surface area contributed by atoms with Gasteiger partial charge >= 0.3 is 0 Å². The van der Waals surface area contributed by atoms with Gasteiger partial charge in [0.05, 0.1) is 0 Å². The van der Waals surface area contributed by atoms with E-state index < -0.39 is 0 Å². The molecule has 0 aromatic heterocycles. The van der Waals surface area contributed by atoms with Crippen molar-refractivity contribution in [2.45, 2.75) is 39.2 Å². The van der Waals surface area contributed by atoms with E-state index in [9.17, 15) is 5.11 Å². The fourth-order valence-corrected chi connectivity index (χ4v) is 2.38. The number of benzene rings is 1. The van der Waals surface area contributed by atoms with Crippen LogP contribution in [-0.2, 0) is 6.42 Å². The molecule has 2 heteroatoms. The minimum absolute atomic E-state index is 0.386. The number of phenols is 1. The quantitative estimate of drug-likeness (QED) is 0.819. The average molecular weight is 219 g/mol. The monoisotopic (exact) mass is 219 g/mol. The second-order valence-corrected chi connectivity index (χ2v) is 5.11. The van der Waals surface area contributed by atoms with Gasteiger partial charge in [-0.25, -0.2) is 0 Å². The first-order valence-electron chi connectivity index (χ1n) is 6.22. The van der Waals surface area contributed by atoms with Gasteiger partial charge in [-0.3, -0.25) is 0 Å². The summed E-state index contributed by atoms with van der Waals surface area (Å²) in [6.07, 6.45) is 3.47. The van der Waals surface area contributed by atoms with Crippen LogP contribution in [0.15, 0.2) is 18.2 Å². The Bertz CT molecular complexity index is 360. The van der Waals surface area contributed by atoms with Crippen LogP contribution < -0.4 is 5.32 Å². The summed E-state index contributed by atoms with van der Waals surface area (Å²) < 4.78 is 0. The maximum Gasteiger partial charge on any atom is 0.115 e. The highest BCUT2D eigenvalue weighted by molar-refractivity contribution is 5.38. The van der Waals surface area contributed by atoms with Crippen molar-refractivity contribution in [3.63, 3.8) is 0 Å². The Balaban J connectivity index is 2.15. The molecule has 1 aliphatic heterocycles. The first-order chi connectivity index (χ1) is 7.66. The molecule has 1 aromatic carbocycles. The number of fused-ring (bicyclic) bond motifs is 1. The van der Waals surface area contributed by atoms with Crippen molar-refractivity contribution in [2.24, 2.45) is 5.92 Å². The van der Waals surface area contributed by atoms with E-state index in [2.05, 4.69) is 25.2 Å². The lowest BCUT2D eigenvalue weighted by Gasteiger charge is -2.27. The molecule has 1 heterocycles. The summed E-state index contributed by atoms with van der Waals surface area (Å²) in [5.74, 6) is 1.13. The van der Waals surface area contributed by atoms with Crippen LogP contribution in [0, 0.1) is 5.92 Å². The Morgan fingerprint density at radius 2 is 2.25 bits per heavy atom. The summed E-state index contributed by atoms with van der Waals surface area (Å²) in [6.45, 7) is 5.57. The number of nitrogens with one attached hydrogen (secondary N) is 1. The SMILES string of the molecule is CC(C)CCC1NCCc2ccc(O)cc21. The molecule has 1 aliphatic rings. The van der Waals surface area contributed by atoms with Gasteiger partial charge in [0, 0.05) is 6.04 Å². The summed E-state index contributed by atoms with van der Waals surface area (Å²) in [4.78, 5) is 0. The maximum absolute atomic E-state index is 9.56. The van der Waals surface area contributed by atoms with Crippen LogP contribution in [-0.4, -0.2) is 11.7 Å². The Morgan fingerprint density at radius 3 is 3.00 bits per heavy atom. The standard InChI is InChI=1S/C14H21NO/c1-10(2)3-6-14-13-9-12(16)5-4-11(13)7-8-15-14/h4-5,9-10,14-16H,3,6-8H2,1-2H3. The Kier molecular flexibility index (Phi) is 3.49. The van der Waals surface area contributed by atoms with Crippen LogP contribution in [0.1, 0.15) is 43.9 Å². The Labute approximate surface area is 97.7 Å². The zero-order valence-electron chi connectivity index (χ0n) is 10.2. The van der Waals surface area contributed by atoms with Gasteiger partial charge in [0.2, 0.25) is 0 Å². The molecule has 0 spiro atoms. The van der Waals surface area contributed by atoms with Gasteiger partial charge in [0.25, 0.3) is 0 Å². The highest BCUT2D eigenvalue weighted by Gasteiger charge is 2.19. The van der Waals surface area contributed by atoms with Crippen molar-refractivity contribution < 1.29 is 5.11 Å². The van der Waals surface area contributed by atoms with Crippen LogP contribution in [0.4, 0.5) is 0 Å². The topological polar surface area (TPSA) is 32.3 Å². The smallest absolute Gasteiger partial charge is 0.115 e. The molecule has 2 rings (SSSR count). The van der Waals surface area contributed by atoms with Gasteiger partial charge in [-0.05, 0) is 55.0 Å². The molecule has 1 atom stereocenters. The molecule has 1 aromatic rings. The van der Waals surface area contributed by atoms with Crippen molar-refractivity contribution in [3.8, 4) is 5.75 Å². The Morgan fingerprint density at radius 1 is 1.44 bits per heavy atom. The number of hydrogen-bond acceptors (Lipinski definition) is 2. The molecule has 0 aliphatic carbocycles. The molecule has 0 radical (unpaired) electrons. The van der Waals surface area contributed by atoms with Crippen molar-refractivity contribution in [2.75, 3.05) is 6.54 Å². The van der Waals surface area contributed by atoms with Gasteiger partial charge in [0.15, 0.2) is 0 Å². The normalized spacial score (nSPS) is 19.8. The average Bonchev–Trinajstić information content (AvgIpc) is 2.26. The minimum atomic E-state index is 0.386. The third kappa shape index (κ3) is 2.56. The van der Waals surface area contributed by atoms with Crippen molar-refractivity contribution in [1.29, 1.82) is 0 Å². The van der Waals surface area contributed by atoms with Gasteiger partial charge in [-0.2, -0.15) is 0 Å². The summed E-state index contributed by atoms with van der Waals surface area (Å²) in [6, 6.07) is 6.21. The molecule has 88 valence electrons. The summed E-state index contributed by atoms with van der Waals surface area (Å²) in [7, 11) is 0. The van der Waals surface area contributed by atoms with E-state index in [0.29, 0.717) is 11.8 Å². The van der Waals surface area contributed by atoms with E-state index in [0.717, 1.165) is 25.3 Å². The number of hydrogen-bond donors (Lipinski definition) is 2. The zero-order chi connectivity index (χ0) is 11.5. The Hall–Kier alpha value is -1.02. The number of phenolic OH excluding ortho intramolecular Hbond substituents is 1. The molecule has 0 amide bonds. The highest BCUT2D eigenvalue weighted by Crippen LogP contribution is 2.30. The molecule has 2 N–H and O–H groups in total. The minimum Gasteiger partial charge on any atom is -0.508 e. The van der Waals surface area contributed by atoms with E-state index in [1.165, 1.54) is 17.5 Å². The van der Waals surface area contributed by atoms with Crippen molar-refractivity contribution in [3.05, 3.63) is 29.3 Å². The van der Waals surface area contributed by atoms with Crippen LogP contribution >= 0.6 is 0 Å². The van der Waals surface area contributed by atoms with Crippen molar-refractivity contribution >= 4 is 0 Å². The molecular weight excluding hydrogens is 198 g/mol. The van der Waals surface area contributed by atoms with E-state index in [1.54, 1.807) is 6.07 Å². The van der Waals surface area contributed by atoms with E-state index in [-0.39, 0.29) is 0 Å². The van der Waals surface area contributed by atoms with E-state index in [4.69, 9.17) is 0 Å². The molecular formula is C14H21NO. The molecule has 1 unspecified atom stereocenters. The second-order valence-electron chi connectivity index (χ2n) is 5.11. The summed E-state index contributed by atoms with van der Waals surface area (Å²) in [5, 5.41) is 13.1. The van der Waals surface area contributed by atoms with Gasteiger partial charge in [-0.1, -0.05) is 19.9 Å². The maximum atomic E-state index is 9.56. The zero-order valence-corrected chi connectivity index (χ0v) is 10.2. The molecule has 0 saturated heterocycles. The predicted octanol–water partition coefficient (Wildman–Crippen LogP) is 3.02. The molecule has 16 heavy (non-hydrogen) atoms. The lowest BCUT2D eigenvalue weighted by atomic mass is 9.90. The lowest BCUT2D eigenvalue weighted by Crippen LogP contribution is -2.29. The third-order valence-corrected chi connectivity index (χ3v) is 3.32. The van der Waals surface area contributed by atoms with E-state index in [1.807, 2.05) is 6.07 Å². The second kappa shape index (κ2) is 4.88. The molecule has 0 bridgehead atoms. The third-order valence-electron chi connectivity index (χ3n) is 3.32. The van der Waals surface area contributed by atoms with Crippen molar-refractivity contribution in [1.82, 2.24) is 5.32 Å². The largest absolute Gasteiger partial charge is 0.508 e. The first kappa shape index (κ1) is 11.5. The molecule has 0 saturated carbocycles. The fraction of sp³-hybridized carbons (Fsp3) is 0.571. The number of aromatic hydroxyl groups is 1. The lowest BCUT2D eigenvalue weighted by molar-refractivity contribution is 0.420. The fourth-order valence-electron chi connectivity index (χ4n) is 2.38. The van der Waals surface area contributed by atoms with Crippen LogP contribution in [0.25, 0.3) is 0 Å². The van der Waals surface area contributed by atoms with Crippen LogP contribution in [0.2, 0.25) is 0 Å². The van der Waals surface area contributed by atoms with Crippen LogP contribution in [0.5, 0.6) is 5.75 Å². The first-order valence-corrected chi connectivity index (χ1v) is 6.22. The predicted molar refractivity (Wildman–Crippen MR) is 66.6 cm³/mol. The van der Waals surface area contributed by atoms with Gasteiger partial charge in [0.1, 0.15) is 5.75 Å². The highest BCUT2D eigenvalue weighted by atomic mass is 16.3. The van der Waals surface area contributed by atoms with E-state index >= 15 is 0 Å². The van der Waals surface area contributed by atoms with Gasteiger partial charge < -0.3 is 10.4 Å². The summed E-state index contributed by atoms with van der Waals surface area (Å²) >= 11 is 0. The van der Waals surface area contributed by atoms with Crippen LogP contribution in [0.3, 0.4) is 0 Å².